The van der Waals surface area contributed by atoms with Crippen LogP contribution in [0.25, 0.3) is 6.08 Å². The van der Waals surface area contributed by atoms with E-state index in [9.17, 15) is 14.9 Å². The number of rotatable bonds is 8. The lowest BCUT2D eigenvalue weighted by molar-refractivity contribution is -0.118. The lowest BCUT2D eigenvalue weighted by atomic mass is 10.1. The maximum Gasteiger partial charge on any atom is 0.266 e. The van der Waals surface area contributed by atoms with Crippen LogP contribution in [-0.4, -0.2) is 25.5 Å². The summed E-state index contributed by atoms with van der Waals surface area (Å²) in [5.74, 6) is -0.486. The molecule has 0 saturated heterocycles. The number of aryl methyl sites for hydroxylation is 2. The number of nitrogens with one attached hydrogen (secondary N) is 2. The SMILES string of the molecule is COc1cc(/C=C(\C#N)C(=O)Nc2ccccc2C)cc(Cl)c1OCC(=O)Nc1cccc(C)c1. The quantitative estimate of drug-likeness (QED) is 0.320. The van der Waals surface area contributed by atoms with Gasteiger partial charge in [-0.1, -0.05) is 41.9 Å². The molecule has 3 rings (SSSR count). The van der Waals surface area contributed by atoms with Crippen molar-refractivity contribution in [3.63, 3.8) is 0 Å². The molecule has 0 heterocycles. The maximum absolute atomic E-state index is 12.6. The molecule has 0 aliphatic heterocycles. The first-order valence-electron chi connectivity index (χ1n) is 10.7. The van der Waals surface area contributed by atoms with Gasteiger partial charge < -0.3 is 20.1 Å². The molecule has 3 aromatic rings. The monoisotopic (exact) mass is 489 g/mol. The van der Waals surface area contributed by atoms with E-state index in [0.29, 0.717) is 16.9 Å². The number of carbonyl (C=O) groups is 2. The van der Waals surface area contributed by atoms with Crippen molar-refractivity contribution in [1.29, 1.82) is 5.26 Å². The second-order valence-electron chi connectivity index (χ2n) is 7.68. The van der Waals surface area contributed by atoms with Gasteiger partial charge in [0.05, 0.1) is 12.1 Å². The molecule has 0 spiro atoms. The van der Waals surface area contributed by atoms with Gasteiger partial charge in [-0.25, -0.2) is 0 Å². The summed E-state index contributed by atoms with van der Waals surface area (Å²) in [6, 6.07) is 19.7. The van der Waals surface area contributed by atoms with Crippen molar-refractivity contribution in [1.82, 2.24) is 0 Å². The summed E-state index contributed by atoms with van der Waals surface area (Å²) >= 11 is 6.39. The van der Waals surface area contributed by atoms with Crippen molar-refractivity contribution >= 4 is 40.9 Å². The van der Waals surface area contributed by atoms with Crippen LogP contribution in [0.3, 0.4) is 0 Å². The standard InChI is InChI=1S/C27H24ClN3O4/c1-17-7-6-9-21(11-17)30-25(32)16-35-26-22(28)13-19(14-24(26)34-3)12-20(15-29)27(33)31-23-10-5-4-8-18(23)2/h4-14H,16H2,1-3H3,(H,30,32)(H,31,33)/b20-12+. The second-order valence-corrected chi connectivity index (χ2v) is 8.09. The summed E-state index contributed by atoms with van der Waals surface area (Å²) in [6.45, 7) is 3.49. The van der Waals surface area contributed by atoms with Gasteiger partial charge in [0.25, 0.3) is 11.8 Å². The predicted octanol–water partition coefficient (Wildman–Crippen LogP) is 5.53. The van der Waals surface area contributed by atoms with E-state index in [-0.39, 0.29) is 34.6 Å². The van der Waals surface area contributed by atoms with E-state index in [1.165, 1.54) is 19.3 Å². The fraction of sp³-hybridized carbons (Fsp3) is 0.148. The average molecular weight is 490 g/mol. The number of nitrogens with zero attached hydrogens (tertiary/aromatic N) is 1. The van der Waals surface area contributed by atoms with Gasteiger partial charge in [0.15, 0.2) is 18.1 Å². The number of nitriles is 1. The molecule has 35 heavy (non-hydrogen) atoms. The van der Waals surface area contributed by atoms with Crippen LogP contribution in [0.2, 0.25) is 5.02 Å². The lowest BCUT2D eigenvalue weighted by Gasteiger charge is -2.14. The number of methoxy groups -OCH3 is 1. The topological polar surface area (TPSA) is 100 Å². The number of halogens is 1. The number of hydrogen-bond acceptors (Lipinski definition) is 5. The molecule has 0 aliphatic carbocycles. The minimum absolute atomic E-state index is 0.113. The molecule has 3 aromatic carbocycles. The fourth-order valence-corrected chi connectivity index (χ4v) is 3.51. The summed E-state index contributed by atoms with van der Waals surface area (Å²) in [5.41, 5.74) is 3.50. The number of anilines is 2. The molecule has 2 N–H and O–H groups in total. The Kier molecular flexibility index (Phi) is 8.49. The molecule has 7 nitrogen and oxygen atoms in total. The lowest BCUT2D eigenvalue weighted by Crippen LogP contribution is -2.20. The highest BCUT2D eigenvalue weighted by Gasteiger charge is 2.16. The first-order valence-corrected chi connectivity index (χ1v) is 11.0. The van der Waals surface area contributed by atoms with Crippen molar-refractivity contribution in [3.05, 3.63) is 87.9 Å². The number of amides is 2. The largest absolute Gasteiger partial charge is 0.493 e. The fourth-order valence-electron chi connectivity index (χ4n) is 3.24. The first kappa shape index (κ1) is 25.3. The molecule has 0 unspecified atom stereocenters. The van der Waals surface area contributed by atoms with Gasteiger partial charge in [-0.15, -0.1) is 0 Å². The van der Waals surface area contributed by atoms with Gasteiger partial charge in [-0.2, -0.15) is 5.26 Å². The summed E-state index contributed by atoms with van der Waals surface area (Å²) in [7, 11) is 1.43. The van der Waals surface area contributed by atoms with Crippen LogP contribution in [0.1, 0.15) is 16.7 Å². The van der Waals surface area contributed by atoms with Crippen LogP contribution >= 0.6 is 11.6 Å². The molecule has 2 amide bonds. The van der Waals surface area contributed by atoms with Gasteiger partial charge >= 0.3 is 0 Å². The Bertz CT molecular complexity index is 1330. The number of ether oxygens (including phenoxy) is 2. The molecule has 0 fully saturated rings. The van der Waals surface area contributed by atoms with E-state index in [2.05, 4.69) is 10.6 Å². The maximum atomic E-state index is 12.6. The average Bonchev–Trinajstić information content (AvgIpc) is 2.82. The van der Waals surface area contributed by atoms with Crippen LogP contribution in [0.4, 0.5) is 11.4 Å². The van der Waals surface area contributed by atoms with Crippen molar-refractivity contribution < 1.29 is 19.1 Å². The van der Waals surface area contributed by atoms with E-state index < -0.39 is 5.91 Å². The van der Waals surface area contributed by atoms with Gasteiger partial charge in [-0.05, 0) is 66.9 Å². The zero-order valence-corrected chi connectivity index (χ0v) is 20.3. The third-order valence-electron chi connectivity index (χ3n) is 4.97. The molecule has 0 aliphatic rings. The molecule has 0 aromatic heterocycles. The third-order valence-corrected chi connectivity index (χ3v) is 5.25. The van der Waals surface area contributed by atoms with E-state index in [1.807, 2.05) is 50.2 Å². The van der Waals surface area contributed by atoms with Crippen molar-refractivity contribution in [3.8, 4) is 17.6 Å². The smallest absolute Gasteiger partial charge is 0.266 e. The molecule has 0 bridgehead atoms. The molecule has 8 heteroatoms. The Morgan fingerprint density at radius 1 is 1.06 bits per heavy atom. The highest BCUT2D eigenvalue weighted by atomic mass is 35.5. The summed E-state index contributed by atoms with van der Waals surface area (Å²) in [5, 5.41) is 15.2. The number of benzene rings is 3. The zero-order chi connectivity index (χ0) is 25.4. The molecule has 0 radical (unpaired) electrons. The predicted molar refractivity (Wildman–Crippen MR) is 137 cm³/mol. The number of hydrogen-bond donors (Lipinski definition) is 2. The van der Waals surface area contributed by atoms with Crippen LogP contribution in [-0.2, 0) is 9.59 Å². The van der Waals surface area contributed by atoms with Gasteiger partial charge in [0, 0.05) is 11.4 Å². The van der Waals surface area contributed by atoms with Crippen molar-refractivity contribution in [2.24, 2.45) is 0 Å². The Morgan fingerprint density at radius 2 is 1.83 bits per heavy atom. The Balaban J connectivity index is 1.75. The van der Waals surface area contributed by atoms with Crippen LogP contribution < -0.4 is 20.1 Å². The summed E-state index contributed by atoms with van der Waals surface area (Å²) < 4.78 is 11.0. The molecule has 178 valence electrons. The van der Waals surface area contributed by atoms with Crippen molar-refractivity contribution in [2.75, 3.05) is 24.4 Å². The molecule has 0 atom stereocenters. The number of carbonyl (C=O) groups excluding carboxylic acids is 2. The minimum atomic E-state index is -0.551. The highest BCUT2D eigenvalue weighted by molar-refractivity contribution is 6.32. The Labute approximate surface area is 208 Å². The van der Waals surface area contributed by atoms with E-state index in [0.717, 1.165) is 11.1 Å². The first-order chi connectivity index (χ1) is 16.8. The normalized spacial score (nSPS) is 10.8. The third kappa shape index (κ3) is 6.85. The van der Waals surface area contributed by atoms with Crippen LogP contribution in [0, 0.1) is 25.2 Å². The Hall–Kier alpha value is -4.28. The van der Waals surface area contributed by atoms with Crippen LogP contribution in [0.15, 0.2) is 66.2 Å². The Morgan fingerprint density at radius 3 is 2.51 bits per heavy atom. The summed E-state index contributed by atoms with van der Waals surface area (Å²) in [4.78, 5) is 24.9. The minimum Gasteiger partial charge on any atom is -0.493 e. The van der Waals surface area contributed by atoms with Gasteiger partial charge in [0.2, 0.25) is 0 Å². The van der Waals surface area contributed by atoms with Gasteiger partial charge in [0.1, 0.15) is 11.6 Å². The number of para-hydroxylation sites is 1. The van der Waals surface area contributed by atoms with E-state index in [1.54, 1.807) is 24.3 Å². The summed E-state index contributed by atoms with van der Waals surface area (Å²) in [6.07, 6.45) is 1.40. The second kappa shape index (κ2) is 11.7. The van der Waals surface area contributed by atoms with Crippen molar-refractivity contribution in [2.45, 2.75) is 13.8 Å². The molecule has 0 saturated carbocycles. The van der Waals surface area contributed by atoms with Crippen LogP contribution in [0.5, 0.6) is 11.5 Å². The highest BCUT2D eigenvalue weighted by Crippen LogP contribution is 2.37. The van der Waals surface area contributed by atoms with E-state index in [4.69, 9.17) is 21.1 Å². The zero-order valence-electron chi connectivity index (χ0n) is 19.5. The van der Waals surface area contributed by atoms with Gasteiger partial charge in [-0.3, -0.25) is 9.59 Å². The molecular formula is C27H24ClN3O4. The van der Waals surface area contributed by atoms with E-state index >= 15 is 0 Å². The molecular weight excluding hydrogens is 466 g/mol.